The molecule has 3 rings (SSSR count). The van der Waals surface area contributed by atoms with Gasteiger partial charge >= 0.3 is 12.1 Å². The van der Waals surface area contributed by atoms with Crippen LogP contribution in [-0.2, 0) is 10.2 Å². The standard InChI is InChI=1S/C23H25N3O3/c1-23(2,3)18-8-10-19(11-9-18)25-21(27)24-14-4-5-17-6-12-20(13-7-17)26-15-16-29-22(26)28/h6-13H,14-16H2,1-3H3,(H2,24,25,27). The van der Waals surface area contributed by atoms with Crippen LogP contribution in [0.25, 0.3) is 0 Å². The Morgan fingerprint density at radius 1 is 1.10 bits per heavy atom. The van der Waals surface area contributed by atoms with Gasteiger partial charge in [-0.1, -0.05) is 44.7 Å². The lowest BCUT2D eigenvalue weighted by Gasteiger charge is -2.19. The Morgan fingerprint density at radius 3 is 2.38 bits per heavy atom. The van der Waals surface area contributed by atoms with E-state index >= 15 is 0 Å². The zero-order valence-corrected chi connectivity index (χ0v) is 16.9. The fraction of sp³-hybridized carbons (Fsp3) is 0.304. The van der Waals surface area contributed by atoms with Gasteiger partial charge in [0.2, 0.25) is 0 Å². The molecule has 1 fully saturated rings. The van der Waals surface area contributed by atoms with Crippen LogP contribution >= 0.6 is 0 Å². The van der Waals surface area contributed by atoms with E-state index < -0.39 is 0 Å². The number of carbonyl (C=O) groups excluding carboxylic acids is 2. The summed E-state index contributed by atoms with van der Waals surface area (Å²) in [5, 5.41) is 5.51. The van der Waals surface area contributed by atoms with Gasteiger partial charge in [0.1, 0.15) is 6.61 Å². The fourth-order valence-electron chi connectivity index (χ4n) is 2.85. The van der Waals surface area contributed by atoms with Crippen molar-refractivity contribution in [2.75, 3.05) is 29.9 Å². The third-order valence-corrected chi connectivity index (χ3v) is 4.52. The Bertz CT molecular complexity index is 933. The molecule has 2 aromatic rings. The fourth-order valence-corrected chi connectivity index (χ4v) is 2.85. The van der Waals surface area contributed by atoms with Gasteiger partial charge in [0.25, 0.3) is 0 Å². The first kappa shape index (κ1) is 20.3. The minimum atomic E-state index is -0.327. The van der Waals surface area contributed by atoms with Gasteiger partial charge in [-0.25, -0.2) is 9.59 Å². The lowest BCUT2D eigenvalue weighted by molar-refractivity contribution is 0.181. The molecule has 0 atom stereocenters. The molecule has 0 radical (unpaired) electrons. The minimum Gasteiger partial charge on any atom is -0.447 e. The zero-order valence-electron chi connectivity index (χ0n) is 16.9. The molecule has 0 unspecified atom stereocenters. The van der Waals surface area contributed by atoms with Crippen LogP contribution in [0.15, 0.2) is 48.5 Å². The summed E-state index contributed by atoms with van der Waals surface area (Å²) >= 11 is 0. The molecule has 1 aliphatic heterocycles. The SMILES string of the molecule is CC(C)(C)c1ccc(NC(=O)NCC#Cc2ccc(N3CCOC3=O)cc2)cc1. The maximum atomic E-state index is 12.0. The van der Waals surface area contributed by atoms with Crippen molar-refractivity contribution in [3.8, 4) is 11.8 Å². The van der Waals surface area contributed by atoms with Crippen molar-refractivity contribution in [1.29, 1.82) is 0 Å². The average Bonchev–Trinajstić information content (AvgIpc) is 3.11. The van der Waals surface area contributed by atoms with Crippen molar-refractivity contribution in [1.82, 2.24) is 5.32 Å². The molecule has 150 valence electrons. The predicted octanol–water partition coefficient (Wildman–Crippen LogP) is 4.11. The maximum absolute atomic E-state index is 12.0. The van der Waals surface area contributed by atoms with Crippen LogP contribution in [0, 0.1) is 11.8 Å². The minimum absolute atomic E-state index is 0.0758. The number of hydrogen-bond acceptors (Lipinski definition) is 3. The van der Waals surface area contributed by atoms with E-state index in [1.54, 1.807) is 4.90 Å². The van der Waals surface area contributed by atoms with E-state index in [1.807, 2.05) is 48.5 Å². The number of cyclic esters (lactones) is 1. The predicted molar refractivity (Wildman–Crippen MR) is 114 cm³/mol. The average molecular weight is 391 g/mol. The summed E-state index contributed by atoms with van der Waals surface area (Å²) < 4.78 is 4.93. The van der Waals surface area contributed by atoms with Gasteiger partial charge in [0, 0.05) is 16.9 Å². The van der Waals surface area contributed by atoms with E-state index in [0.717, 1.165) is 16.9 Å². The van der Waals surface area contributed by atoms with E-state index in [0.29, 0.717) is 13.2 Å². The quantitative estimate of drug-likeness (QED) is 0.774. The molecule has 0 saturated carbocycles. The third-order valence-electron chi connectivity index (χ3n) is 4.52. The van der Waals surface area contributed by atoms with Crippen LogP contribution in [0.1, 0.15) is 31.9 Å². The molecule has 0 aliphatic carbocycles. The number of nitrogens with zero attached hydrogens (tertiary/aromatic N) is 1. The largest absolute Gasteiger partial charge is 0.447 e. The second-order valence-corrected chi connectivity index (χ2v) is 7.75. The van der Waals surface area contributed by atoms with E-state index in [-0.39, 0.29) is 24.1 Å². The van der Waals surface area contributed by atoms with Crippen molar-refractivity contribution in [2.24, 2.45) is 0 Å². The van der Waals surface area contributed by atoms with E-state index in [4.69, 9.17) is 4.74 Å². The highest BCUT2D eigenvalue weighted by molar-refractivity contribution is 5.90. The van der Waals surface area contributed by atoms with Gasteiger partial charge in [-0.05, 0) is 47.4 Å². The van der Waals surface area contributed by atoms with Crippen molar-refractivity contribution in [3.05, 3.63) is 59.7 Å². The van der Waals surface area contributed by atoms with Gasteiger partial charge in [-0.3, -0.25) is 4.90 Å². The van der Waals surface area contributed by atoms with Crippen molar-refractivity contribution < 1.29 is 14.3 Å². The number of benzene rings is 2. The van der Waals surface area contributed by atoms with Gasteiger partial charge in [0.15, 0.2) is 0 Å². The number of rotatable bonds is 3. The first-order valence-electron chi connectivity index (χ1n) is 9.51. The van der Waals surface area contributed by atoms with Crippen molar-refractivity contribution in [2.45, 2.75) is 26.2 Å². The van der Waals surface area contributed by atoms with Crippen LogP contribution in [-0.4, -0.2) is 31.8 Å². The number of carbonyl (C=O) groups is 2. The van der Waals surface area contributed by atoms with Crippen molar-refractivity contribution >= 4 is 23.5 Å². The highest BCUT2D eigenvalue weighted by atomic mass is 16.6. The monoisotopic (exact) mass is 391 g/mol. The molecular weight excluding hydrogens is 366 g/mol. The van der Waals surface area contributed by atoms with Crippen LogP contribution in [0.3, 0.4) is 0 Å². The van der Waals surface area contributed by atoms with Gasteiger partial charge in [-0.2, -0.15) is 0 Å². The summed E-state index contributed by atoms with van der Waals surface area (Å²) in [4.78, 5) is 25.1. The smallest absolute Gasteiger partial charge is 0.414 e. The number of amides is 3. The first-order valence-corrected chi connectivity index (χ1v) is 9.51. The lowest BCUT2D eigenvalue weighted by atomic mass is 9.87. The Balaban J connectivity index is 1.47. The van der Waals surface area contributed by atoms with Gasteiger partial charge in [-0.15, -0.1) is 0 Å². The van der Waals surface area contributed by atoms with Gasteiger partial charge in [0.05, 0.1) is 13.1 Å². The molecule has 2 N–H and O–H groups in total. The second-order valence-electron chi connectivity index (χ2n) is 7.75. The van der Waals surface area contributed by atoms with E-state index in [9.17, 15) is 9.59 Å². The summed E-state index contributed by atoms with van der Waals surface area (Å²) in [6.45, 7) is 7.64. The van der Waals surface area contributed by atoms with Crippen molar-refractivity contribution in [3.63, 3.8) is 0 Å². The summed E-state index contributed by atoms with van der Waals surface area (Å²) in [5.41, 5.74) is 3.61. The number of urea groups is 1. The highest BCUT2D eigenvalue weighted by Gasteiger charge is 2.23. The zero-order chi connectivity index (χ0) is 20.9. The van der Waals surface area contributed by atoms with Crippen LogP contribution in [0.4, 0.5) is 21.0 Å². The molecule has 1 heterocycles. The Hall–Kier alpha value is -3.46. The van der Waals surface area contributed by atoms with Crippen LogP contribution < -0.4 is 15.5 Å². The molecule has 0 aromatic heterocycles. The number of anilines is 2. The summed E-state index contributed by atoms with van der Waals surface area (Å²) in [6, 6.07) is 14.9. The summed E-state index contributed by atoms with van der Waals surface area (Å²) in [5.74, 6) is 5.91. The number of ether oxygens (including phenoxy) is 1. The molecule has 1 saturated heterocycles. The molecule has 6 heteroatoms. The molecule has 1 aliphatic rings. The van der Waals surface area contributed by atoms with E-state index in [1.165, 1.54) is 5.56 Å². The molecular formula is C23H25N3O3. The second kappa shape index (κ2) is 8.70. The Kier molecular flexibility index (Phi) is 6.08. The number of nitrogens with one attached hydrogen (secondary N) is 2. The molecule has 29 heavy (non-hydrogen) atoms. The highest BCUT2D eigenvalue weighted by Crippen LogP contribution is 2.23. The molecule has 6 nitrogen and oxygen atoms in total. The lowest BCUT2D eigenvalue weighted by Crippen LogP contribution is -2.28. The summed E-state index contributed by atoms with van der Waals surface area (Å²) in [7, 11) is 0. The topological polar surface area (TPSA) is 70.7 Å². The van der Waals surface area contributed by atoms with Crippen LogP contribution in [0.5, 0.6) is 0 Å². The maximum Gasteiger partial charge on any atom is 0.414 e. The molecule has 3 amide bonds. The molecule has 2 aromatic carbocycles. The van der Waals surface area contributed by atoms with E-state index in [2.05, 4.69) is 43.2 Å². The van der Waals surface area contributed by atoms with Crippen LogP contribution in [0.2, 0.25) is 0 Å². The summed E-state index contributed by atoms with van der Waals surface area (Å²) in [6.07, 6.45) is -0.327. The third kappa shape index (κ3) is 5.52. The molecule has 0 spiro atoms. The Labute approximate surface area is 171 Å². The normalized spacial score (nSPS) is 13.3. The van der Waals surface area contributed by atoms with Gasteiger partial charge < -0.3 is 15.4 Å². The first-order chi connectivity index (χ1) is 13.8. The molecule has 0 bridgehead atoms. The Morgan fingerprint density at radius 2 is 1.79 bits per heavy atom. The number of hydrogen-bond donors (Lipinski definition) is 2.